The van der Waals surface area contributed by atoms with Crippen LogP contribution in [0.1, 0.15) is 41.5 Å². The normalized spacial score (nSPS) is 13.6. The van der Waals surface area contributed by atoms with Gasteiger partial charge in [0.15, 0.2) is 0 Å². The predicted molar refractivity (Wildman–Crippen MR) is 72.9 cm³/mol. The molecular weight excluding hydrogens is 292 g/mol. The number of hydrogen-bond donors (Lipinski definition) is 0. The van der Waals surface area contributed by atoms with Crippen molar-refractivity contribution in [3.8, 4) is 0 Å². The number of nitrogens with zero attached hydrogens (tertiary/aromatic N) is 1. The minimum Gasteiger partial charge on any atom is -0.862 e. The fourth-order valence-electron chi connectivity index (χ4n) is 1.21. The maximum Gasteiger partial charge on any atom is 1.00 e. The first-order valence-electron chi connectivity index (χ1n) is 6.23. The van der Waals surface area contributed by atoms with Crippen molar-refractivity contribution in [2.75, 3.05) is 6.61 Å². The van der Waals surface area contributed by atoms with Crippen LogP contribution >= 0.6 is 7.60 Å². The van der Waals surface area contributed by atoms with Crippen molar-refractivity contribution in [3.63, 3.8) is 0 Å². The standard InChI is InChI=1S/C12H24NO5P.Na/c1-7-16-12(13-11(6)14)8-19(15,17-9(2)3)18-10(4)5;/h8-10H,7H2,1-6H3,(H,13,14);/q;+1/p-1. The van der Waals surface area contributed by atoms with E-state index in [9.17, 15) is 9.67 Å². The minimum atomic E-state index is -3.51. The smallest absolute Gasteiger partial charge is 0.862 e. The summed E-state index contributed by atoms with van der Waals surface area (Å²) in [5, 5.41) is 11.0. The van der Waals surface area contributed by atoms with E-state index in [-0.39, 0.29) is 47.6 Å². The zero-order chi connectivity index (χ0) is 15.1. The molecule has 0 spiro atoms. The molecule has 0 amide bonds. The Bertz CT molecular complexity index is 364. The van der Waals surface area contributed by atoms with E-state index in [4.69, 9.17) is 13.8 Å². The van der Waals surface area contributed by atoms with Crippen molar-refractivity contribution in [3.05, 3.63) is 11.7 Å². The number of ether oxygens (including phenoxy) is 1. The third kappa shape index (κ3) is 10.9. The molecule has 112 valence electrons. The van der Waals surface area contributed by atoms with Crippen molar-refractivity contribution in [2.24, 2.45) is 4.99 Å². The van der Waals surface area contributed by atoms with E-state index >= 15 is 0 Å². The van der Waals surface area contributed by atoms with E-state index in [2.05, 4.69) is 4.99 Å². The second-order valence-electron chi connectivity index (χ2n) is 4.38. The molecule has 0 saturated heterocycles. The number of hydrogen-bond acceptors (Lipinski definition) is 6. The van der Waals surface area contributed by atoms with E-state index in [1.807, 2.05) is 0 Å². The maximum atomic E-state index is 12.5. The maximum absolute atomic E-state index is 12.5. The van der Waals surface area contributed by atoms with Crippen LogP contribution in [0.4, 0.5) is 0 Å². The van der Waals surface area contributed by atoms with Crippen LogP contribution in [-0.4, -0.2) is 24.7 Å². The molecule has 0 unspecified atom stereocenters. The molecule has 0 aromatic rings. The van der Waals surface area contributed by atoms with E-state index in [0.717, 1.165) is 5.82 Å². The quantitative estimate of drug-likeness (QED) is 0.201. The van der Waals surface area contributed by atoms with Gasteiger partial charge < -0.3 is 18.9 Å². The summed E-state index contributed by atoms with van der Waals surface area (Å²) in [6.07, 6.45) is -0.581. The van der Waals surface area contributed by atoms with Gasteiger partial charge in [-0.1, -0.05) is 0 Å². The summed E-state index contributed by atoms with van der Waals surface area (Å²) in [6, 6.07) is 0. The fraction of sp³-hybridized carbons (Fsp3) is 0.750. The Kier molecular flexibility index (Phi) is 12.1. The summed E-state index contributed by atoms with van der Waals surface area (Å²) in [7, 11) is -3.51. The molecule has 0 bridgehead atoms. The molecule has 6 nitrogen and oxygen atoms in total. The van der Waals surface area contributed by atoms with Crippen LogP contribution in [0.5, 0.6) is 0 Å². The molecule has 0 aromatic carbocycles. The Morgan fingerprint density at radius 1 is 1.25 bits per heavy atom. The molecule has 0 atom stereocenters. The van der Waals surface area contributed by atoms with E-state index in [1.54, 1.807) is 34.6 Å². The molecule has 0 aliphatic carbocycles. The largest absolute Gasteiger partial charge is 1.00 e. The molecule has 0 fully saturated rings. The zero-order valence-corrected chi connectivity index (χ0v) is 16.3. The summed E-state index contributed by atoms with van der Waals surface area (Å²) in [6.45, 7) is 10.3. The van der Waals surface area contributed by atoms with Crippen LogP contribution < -0.4 is 34.7 Å². The molecule has 0 rings (SSSR count). The van der Waals surface area contributed by atoms with Crippen LogP contribution in [0.3, 0.4) is 0 Å². The minimum absolute atomic E-state index is 0. The Labute approximate surface area is 143 Å². The topological polar surface area (TPSA) is 80.2 Å². The molecule has 0 saturated carbocycles. The van der Waals surface area contributed by atoms with Crippen LogP contribution in [0, 0.1) is 0 Å². The monoisotopic (exact) mass is 315 g/mol. The van der Waals surface area contributed by atoms with Gasteiger partial charge >= 0.3 is 37.2 Å². The van der Waals surface area contributed by atoms with Crippen molar-refractivity contribution >= 4 is 13.5 Å². The molecule has 8 heteroatoms. The van der Waals surface area contributed by atoms with Gasteiger partial charge in [-0.15, -0.1) is 0 Å². The van der Waals surface area contributed by atoms with Crippen molar-refractivity contribution < 1.29 is 53.0 Å². The molecule has 0 aromatic heterocycles. The van der Waals surface area contributed by atoms with Gasteiger partial charge in [-0.3, -0.25) is 4.57 Å². The van der Waals surface area contributed by atoms with Crippen LogP contribution in [0.2, 0.25) is 0 Å². The Morgan fingerprint density at radius 3 is 2.00 bits per heavy atom. The average Bonchev–Trinajstić information content (AvgIpc) is 2.12. The second-order valence-corrected chi connectivity index (χ2v) is 6.14. The molecule has 0 aliphatic rings. The first kappa shape index (κ1) is 22.4. The second kappa shape index (κ2) is 10.8. The van der Waals surface area contributed by atoms with Gasteiger partial charge in [-0.25, -0.2) is 4.99 Å². The summed E-state index contributed by atoms with van der Waals surface area (Å²) in [4.78, 5) is 3.63. The van der Waals surface area contributed by atoms with Crippen LogP contribution in [-0.2, 0) is 18.3 Å². The molecular formula is C12H23NNaO5P. The zero-order valence-electron chi connectivity index (χ0n) is 13.4. The van der Waals surface area contributed by atoms with Gasteiger partial charge in [-0.05, 0) is 47.4 Å². The summed E-state index contributed by atoms with van der Waals surface area (Å²) >= 11 is 0. The van der Waals surface area contributed by atoms with Gasteiger partial charge in [0, 0.05) is 0 Å². The third-order valence-corrected chi connectivity index (χ3v) is 3.51. The summed E-state index contributed by atoms with van der Waals surface area (Å²) in [5.41, 5.74) is 0. The molecule has 0 heterocycles. The Balaban J connectivity index is 0. The molecule has 0 radical (unpaired) electrons. The summed E-state index contributed by atoms with van der Waals surface area (Å²) < 4.78 is 28.3. The van der Waals surface area contributed by atoms with Gasteiger partial charge in [0.25, 0.3) is 0 Å². The average molecular weight is 315 g/mol. The first-order chi connectivity index (χ1) is 8.68. The third-order valence-electron chi connectivity index (χ3n) is 1.54. The Morgan fingerprint density at radius 2 is 1.70 bits per heavy atom. The van der Waals surface area contributed by atoms with Gasteiger partial charge in [-0.2, -0.15) is 0 Å². The van der Waals surface area contributed by atoms with Gasteiger partial charge in [0.1, 0.15) is 0 Å². The summed E-state index contributed by atoms with van der Waals surface area (Å²) in [5.74, 6) is 0.665. The van der Waals surface area contributed by atoms with Gasteiger partial charge in [0.2, 0.25) is 5.88 Å². The van der Waals surface area contributed by atoms with Crippen LogP contribution in [0.15, 0.2) is 16.7 Å². The van der Waals surface area contributed by atoms with Gasteiger partial charge in [0.05, 0.1) is 24.6 Å². The van der Waals surface area contributed by atoms with E-state index in [0.29, 0.717) is 6.61 Å². The molecule has 0 N–H and O–H groups in total. The molecule has 0 aliphatic heterocycles. The number of aliphatic imine (C=N–C) groups is 1. The predicted octanol–water partition coefficient (Wildman–Crippen LogP) is -0.352. The van der Waals surface area contributed by atoms with Crippen LogP contribution in [0.25, 0.3) is 0 Å². The SMILES string of the molecule is CCOC(=CP(=O)(OC(C)C)OC(C)C)/N=C(\C)[O-].[Na+]. The first-order valence-corrected chi connectivity index (χ1v) is 7.84. The number of rotatable bonds is 8. The van der Waals surface area contributed by atoms with Crippen molar-refractivity contribution in [1.82, 2.24) is 0 Å². The van der Waals surface area contributed by atoms with E-state index < -0.39 is 13.5 Å². The van der Waals surface area contributed by atoms with E-state index in [1.165, 1.54) is 6.92 Å². The fourth-order valence-corrected chi connectivity index (χ4v) is 2.96. The molecule has 20 heavy (non-hydrogen) atoms. The van der Waals surface area contributed by atoms with Crippen molar-refractivity contribution in [1.29, 1.82) is 0 Å². The Hall–Kier alpha value is 0.160. The van der Waals surface area contributed by atoms with Crippen molar-refractivity contribution in [2.45, 2.75) is 53.8 Å².